The lowest BCUT2D eigenvalue weighted by atomic mass is 10.1. The van der Waals surface area contributed by atoms with E-state index in [1.54, 1.807) is 0 Å². The molecule has 0 saturated heterocycles. The number of carbonyl (C=O) groups is 1. The highest BCUT2D eigenvalue weighted by Crippen LogP contribution is 2.08. The third-order valence-electron chi connectivity index (χ3n) is 1.64. The van der Waals surface area contributed by atoms with Crippen LogP contribution in [-0.4, -0.2) is 26.7 Å². The van der Waals surface area contributed by atoms with E-state index in [2.05, 4.69) is 0 Å². The summed E-state index contributed by atoms with van der Waals surface area (Å²) < 4.78 is 21.6. The first-order chi connectivity index (χ1) is 5.49. The first-order valence-electron chi connectivity index (χ1n) is 4.12. The smallest absolute Gasteiger partial charge is 0.148 e. The van der Waals surface area contributed by atoms with Crippen molar-refractivity contribution in [3.05, 3.63) is 0 Å². The lowest BCUT2D eigenvalue weighted by Gasteiger charge is -2.06. The molecule has 12 heavy (non-hydrogen) atoms. The summed E-state index contributed by atoms with van der Waals surface area (Å²) in [5.74, 6) is -0.309. The maximum atomic E-state index is 10.8. The zero-order chi connectivity index (χ0) is 9.61. The molecule has 0 N–H and O–H groups in total. The predicted octanol–water partition coefficient (Wildman–Crippen LogP) is 1.04. The van der Waals surface area contributed by atoms with Crippen LogP contribution in [0.2, 0.25) is 0 Å². The van der Waals surface area contributed by atoms with E-state index in [0.29, 0.717) is 6.42 Å². The molecule has 0 spiro atoms. The maximum Gasteiger partial charge on any atom is 0.148 e. The maximum absolute atomic E-state index is 10.8. The third-order valence-corrected chi connectivity index (χ3v) is 2.67. The Morgan fingerprint density at radius 1 is 1.42 bits per heavy atom. The average Bonchev–Trinajstić information content (AvgIpc) is 1.95. The fourth-order valence-corrected chi connectivity index (χ4v) is 2.07. The van der Waals surface area contributed by atoms with E-state index in [-0.39, 0.29) is 11.7 Å². The molecule has 0 saturated carbocycles. The monoisotopic (exact) mass is 192 g/mol. The van der Waals surface area contributed by atoms with Crippen molar-refractivity contribution in [1.29, 1.82) is 0 Å². The number of hydrogen-bond donors (Lipinski definition) is 0. The summed E-state index contributed by atoms with van der Waals surface area (Å²) in [5.41, 5.74) is 0. The molecule has 3 nitrogen and oxygen atoms in total. The van der Waals surface area contributed by atoms with Gasteiger partial charge >= 0.3 is 0 Å². The van der Waals surface area contributed by atoms with Crippen LogP contribution >= 0.6 is 0 Å². The molecule has 0 aromatic rings. The molecule has 1 atom stereocenters. The van der Waals surface area contributed by atoms with Crippen molar-refractivity contribution in [1.82, 2.24) is 0 Å². The highest BCUT2D eigenvalue weighted by molar-refractivity contribution is 7.90. The Hall–Kier alpha value is -0.380. The topological polar surface area (TPSA) is 51.2 Å². The van der Waals surface area contributed by atoms with Gasteiger partial charge in [0.1, 0.15) is 16.1 Å². The summed E-state index contributed by atoms with van der Waals surface area (Å²) in [6.45, 7) is 2.02. The fourth-order valence-electron chi connectivity index (χ4n) is 1.05. The highest BCUT2D eigenvalue weighted by Gasteiger charge is 2.13. The zero-order valence-corrected chi connectivity index (χ0v) is 8.43. The van der Waals surface area contributed by atoms with Gasteiger partial charge in [0.05, 0.1) is 5.75 Å². The average molecular weight is 192 g/mol. The Balaban J connectivity index is 3.92. The number of aldehydes is 1. The van der Waals surface area contributed by atoms with Gasteiger partial charge in [0.2, 0.25) is 0 Å². The van der Waals surface area contributed by atoms with Crippen LogP contribution in [-0.2, 0) is 14.6 Å². The van der Waals surface area contributed by atoms with Gasteiger partial charge in [0.25, 0.3) is 0 Å². The minimum Gasteiger partial charge on any atom is -0.303 e. The summed E-state index contributed by atoms with van der Waals surface area (Å²) in [5, 5.41) is 0. The second kappa shape index (κ2) is 5.30. The molecular formula is C8H16O3S. The predicted molar refractivity (Wildman–Crippen MR) is 48.8 cm³/mol. The van der Waals surface area contributed by atoms with Gasteiger partial charge in [-0.3, -0.25) is 0 Å². The van der Waals surface area contributed by atoms with Gasteiger partial charge in [-0.15, -0.1) is 0 Å². The van der Waals surface area contributed by atoms with E-state index in [4.69, 9.17) is 0 Å². The van der Waals surface area contributed by atoms with Crippen molar-refractivity contribution in [3.8, 4) is 0 Å². The molecule has 0 unspecified atom stereocenters. The molecule has 0 aromatic carbocycles. The minimum absolute atomic E-state index is 0.00347. The molecule has 0 rings (SSSR count). The second-order valence-electron chi connectivity index (χ2n) is 3.13. The quantitative estimate of drug-likeness (QED) is 0.591. The number of rotatable bonds is 6. The van der Waals surface area contributed by atoms with Crippen LogP contribution in [0.25, 0.3) is 0 Å². The van der Waals surface area contributed by atoms with Gasteiger partial charge in [-0.1, -0.05) is 19.8 Å². The van der Waals surface area contributed by atoms with Crippen molar-refractivity contribution in [3.63, 3.8) is 0 Å². The molecule has 0 radical (unpaired) electrons. The molecule has 0 aliphatic carbocycles. The summed E-state index contributed by atoms with van der Waals surface area (Å²) in [6, 6.07) is 0. The molecule has 4 heteroatoms. The van der Waals surface area contributed by atoms with E-state index >= 15 is 0 Å². The number of carbonyl (C=O) groups excluding carboxylic acids is 1. The van der Waals surface area contributed by atoms with E-state index in [0.717, 1.165) is 25.4 Å². The van der Waals surface area contributed by atoms with Crippen molar-refractivity contribution < 1.29 is 13.2 Å². The second-order valence-corrected chi connectivity index (χ2v) is 5.32. The first-order valence-corrected chi connectivity index (χ1v) is 6.18. The SMILES string of the molecule is CCCC[C@@H](C=O)CS(C)(=O)=O. The molecule has 0 aliphatic heterocycles. The van der Waals surface area contributed by atoms with Crippen LogP contribution in [0.5, 0.6) is 0 Å². The Labute approximate surface area is 74.1 Å². The standard InChI is InChI=1S/C8H16O3S/c1-3-4-5-8(6-9)7-12(2,10)11/h6,8H,3-5,7H2,1-2H3/t8-/m0/s1. The van der Waals surface area contributed by atoms with Crippen LogP contribution < -0.4 is 0 Å². The summed E-state index contributed by atoms with van der Waals surface area (Å²) in [7, 11) is -3.00. The minimum atomic E-state index is -3.00. The van der Waals surface area contributed by atoms with Crippen LogP contribution in [0.4, 0.5) is 0 Å². The third kappa shape index (κ3) is 6.34. The summed E-state index contributed by atoms with van der Waals surface area (Å²) >= 11 is 0. The lowest BCUT2D eigenvalue weighted by Crippen LogP contribution is -2.15. The van der Waals surface area contributed by atoms with E-state index in [9.17, 15) is 13.2 Å². The molecule has 0 aliphatic rings. The first kappa shape index (κ1) is 11.6. The molecule has 0 fully saturated rings. The van der Waals surface area contributed by atoms with E-state index in [1.165, 1.54) is 0 Å². The number of hydrogen-bond acceptors (Lipinski definition) is 3. The van der Waals surface area contributed by atoms with E-state index in [1.807, 2.05) is 6.92 Å². The lowest BCUT2D eigenvalue weighted by molar-refractivity contribution is -0.110. The molecule has 0 aromatic heterocycles. The summed E-state index contributed by atoms with van der Waals surface area (Å²) in [4.78, 5) is 10.4. The summed E-state index contributed by atoms with van der Waals surface area (Å²) in [6.07, 6.45) is 4.51. The van der Waals surface area contributed by atoms with Crippen LogP contribution in [0.3, 0.4) is 0 Å². The van der Waals surface area contributed by atoms with Crippen LogP contribution in [0.1, 0.15) is 26.2 Å². The Kier molecular flexibility index (Phi) is 5.13. The van der Waals surface area contributed by atoms with Gasteiger partial charge in [-0.25, -0.2) is 8.42 Å². The highest BCUT2D eigenvalue weighted by atomic mass is 32.2. The zero-order valence-electron chi connectivity index (χ0n) is 7.62. The Morgan fingerprint density at radius 3 is 2.33 bits per heavy atom. The molecule has 0 amide bonds. The molecule has 0 bridgehead atoms. The van der Waals surface area contributed by atoms with Crippen molar-refractivity contribution >= 4 is 16.1 Å². The Bertz CT molecular complexity index is 218. The largest absolute Gasteiger partial charge is 0.303 e. The fraction of sp³-hybridized carbons (Fsp3) is 0.875. The van der Waals surface area contributed by atoms with Crippen molar-refractivity contribution in [2.75, 3.05) is 12.0 Å². The van der Waals surface area contributed by atoms with Gasteiger partial charge < -0.3 is 4.79 Å². The number of sulfone groups is 1. The van der Waals surface area contributed by atoms with Gasteiger partial charge in [-0.05, 0) is 6.42 Å². The molecule has 72 valence electrons. The van der Waals surface area contributed by atoms with Crippen molar-refractivity contribution in [2.24, 2.45) is 5.92 Å². The molecular weight excluding hydrogens is 176 g/mol. The number of unbranched alkanes of at least 4 members (excludes halogenated alkanes) is 1. The molecule has 0 heterocycles. The van der Waals surface area contributed by atoms with Gasteiger partial charge in [0, 0.05) is 12.2 Å². The normalized spacial score (nSPS) is 14.2. The van der Waals surface area contributed by atoms with E-state index < -0.39 is 9.84 Å². The van der Waals surface area contributed by atoms with Gasteiger partial charge in [-0.2, -0.15) is 0 Å². The van der Waals surface area contributed by atoms with Crippen molar-refractivity contribution in [2.45, 2.75) is 26.2 Å². The van der Waals surface area contributed by atoms with Crippen LogP contribution in [0.15, 0.2) is 0 Å². The van der Waals surface area contributed by atoms with Crippen LogP contribution in [0, 0.1) is 5.92 Å². The van der Waals surface area contributed by atoms with Gasteiger partial charge in [0.15, 0.2) is 0 Å². The Morgan fingerprint density at radius 2 is 2.00 bits per heavy atom.